The van der Waals surface area contributed by atoms with Gasteiger partial charge in [0.25, 0.3) is 0 Å². The molecule has 1 aromatic heterocycles. The molecule has 6 heteroatoms. The van der Waals surface area contributed by atoms with E-state index in [2.05, 4.69) is 64.6 Å². The molecule has 2 aliphatic rings. The first-order valence-electron chi connectivity index (χ1n) is 14.6. The first-order valence-corrected chi connectivity index (χ1v) is 14.6. The number of piperidine rings is 1. The van der Waals surface area contributed by atoms with Gasteiger partial charge in [-0.3, -0.25) is 9.69 Å². The number of likely N-dealkylation sites (tertiary alicyclic amines) is 1. The van der Waals surface area contributed by atoms with Gasteiger partial charge in [0.2, 0.25) is 5.91 Å². The molecule has 2 aliphatic heterocycles. The minimum absolute atomic E-state index is 0.0765. The highest BCUT2D eigenvalue weighted by Crippen LogP contribution is 2.42. The summed E-state index contributed by atoms with van der Waals surface area (Å²) < 4.78 is 11.9. The lowest BCUT2D eigenvalue weighted by molar-refractivity contribution is -0.116. The number of carbonyl (C=O) groups is 1. The first kappa shape index (κ1) is 27.2. The van der Waals surface area contributed by atoms with Gasteiger partial charge < -0.3 is 19.8 Å². The number of benzene rings is 3. The quantitative estimate of drug-likeness (QED) is 0.247. The number of fused-ring (bicyclic) bond motifs is 5. The molecule has 0 bridgehead atoms. The summed E-state index contributed by atoms with van der Waals surface area (Å²) in [7, 11) is 1.68. The molecule has 2 N–H and O–H groups in total. The number of H-pyrrole nitrogens is 1. The lowest BCUT2D eigenvalue weighted by Gasteiger charge is -2.32. The Hall–Kier alpha value is -4.03. The zero-order chi connectivity index (χ0) is 28.6. The highest BCUT2D eigenvalue weighted by Gasteiger charge is 2.26. The van der Waals surface area contributed by atoms with E-state index in [0.717, 1.165) is 76.9 Å². The number of aromatic amines is 1. The van der Waals surface area contributed by atoms with Crippen molar-refractivity contribution in [2.75, 3.05) is 26.7 Å². The fourth-order valence-corrected chi connectivity index (χ4v) is 6.00. The molecule has 0 radical (unpaired) electrons. The van der Waals surface area contributed by atoms with Crippen LogP contribution in [0.25, 0.3) is 34.0 Å². The highest BCUT2D eigenvalue weighted by molar-refractivity contribution is 6.12. The van der Waals surface area contributed by atoms with Crippen LogP contribution in [0, 0.1) is 12.8 Å². The van der Waals surface area contributed by atoms with E-state index in [4.69, 9.17) is 9.47 Å². The van der Waals surface area contributed by atoms with Crippen molar-refractivity contribution < 1.29 is 14.3 Å². The molecule has 212 valence electrons. The van der Waals surface area contributed by atoms with Gasteiger partial charge in [-0.05, 0) is 106 Å². The Morgan fingerprint density at radius 3 is 2.73 bits per heavy atom. The van der Waals surface area contributed by atoms with Crippen LogP contribution < -0.4 is 14.8 Å². The van der Waals surface area contributed by atoms with Crippen LogP contribution in [0.1, 0.15) is 48.9 Å². The van der Waals surface area contributed by atoms with Gasteiger partial charge in [0, 0.05) is 46.6 Å². The number of rotatable bonds is 7. The largest absolute Gasteiger partial charge is 0.497 e. The Morgan fingerprint density at radius 2 is 1.95 bits per heavy atom. The normalized spacial score (nSPS) is 17.2. The Balaban J connectivity index is 1.15. The van der Waals surface area contributed by atoms with E-state index in [1.165, 1.54) is 11.1 Å². The Bertz CT molecular complexity index is 1650. The van der Waals surface area contributed by atoms with Gasteiger partial charge >= 0.3 is 0 Å². The van der Waals surface area contributed by atoms with Crippen molar-refractivity contribution >= 4 is 39.9 Å². The molecule has 0 saturated carbocycles. The van der Waals surface area contributed by atoms with E-state index in [1.54, 1.807) is 13.2 Å². The molecule has 1 saturated heterocycles. The fourth-order valence-electron chi connectivity index (χ4n) is 6.00. The van der Waals surface area contributed by atoms with Crippen molar-refractivity contribution in [3.8, 4) is 11.5 Å². The molecule has 3 heterocycles. The maximum Gasteiger partial charge on any atom is 0.244 e. The second-order valence-corrected chi connectivity index (χ2v) is 11.9. The zero-order valence-electron chi connectivity index (χ0n) is 24.4. The smallest absolute Gasteiger partial charge is 0.244 e. The second-order valence-electron chi connectivity index (χ2n) is 11.9. The van der Waals surface area contributed by atoms with Gasteiger partial charge in [0.15, 0.2) is 0 Å². The van der Waals surface area contributed by atoms with Gasteiger partial charge in [0.05, 0.1) is 12.6 Å². The number of aryl methyl sites for hydroxylation is 1. The predicted octanol–water partition coefficient (Wildman–Crippen LogP) is 6.86. The molecule has 0 spiro atoms. The van der Waals surface area contributed by atoms with Crippen LogP contribution >= 0.6 is 0 Å². The predicted molar refractivity (Wildman–Crippen MR) is 167 cm³/mol. The summed E-state index contributed by atoms with van der Waals surface area (Å²) in [6.07, 6.45) is 9.91. The molecule has 4 aromatic rings. The van der Waals surface area contributed by atoms with Crippen LogP contribution in [0.5, 0.6) is 11.5 Å². The van der Waals surface area contributed by atoms with Crippen LogP contribution in [-0.4, -0.2) is 48.1 Å². The summed E-state index contributed by atoms with van der Waals surface area (Å²) in [5, 5.41) is 5.30. The van der Waals surface area contributed by atoms with Crippen molar-refractivity contribution in [2.24, 2.45) is 5.92 Å². The summed E-state index contributed by atoms with van der Waals surface area (Å²) in [5.41, 5.74) is 6.25. The van der Waals surface area contributed by atoms with Crippen LogP contribution in [-0.2, 0) is 11.3 Å². The van der Waals surface area contributed by atoms with Crippen molar-refractivity contribution in [2.45, 2.75) is 45.8 Å². The van der Waals surface area contributed by atoms with Crippen molar-refractivity contribution in [1.29, 1.82) is 0 Å². The van der Waals surface area contributed by atoms with Gasteiger partial charge in [-0.2, -0.15) is 0 Å². The molecule has 1 fully saturated rings. The van der Waals surface area contributed by atoms with E-state index >= 15 is 0 Å². The molecule has 6 rings (SSSR count). The molecule has 3 aromatic carbocycles. The molecule has 1 amide bonds. The van der Waals surface area contributed by atoms with Gasteiger partial charge in [-0.15, -0.1) is 0 Å². The molecule has 0 atom stereocenters. The third-order valence-electron chi connectivity index (χ3n) is 8.48. The molecular weight excluding hydrogens is 510 g/mol. The maximum atomic E-state index is 12.9. The van der Waals surface area contributed by atoms with Crippen molar-refractivity contribution in [3.05, 3.63) is 82.9 Å². The van der Waals surface area contributed by atoms with E-state index < -0.39 is 5.60 Å². The minimum Gasteiger partial charge on any atom is -0.497 e. The number of carbonyl (C=O) groups excluding carboxylic acids is 1. The summed E-state index contributed by atoms with van der Waals surface area (Å²) in [6, 6.07) is 16.8. The summed E-state index contributed by atoms with van der Waals surface area (Å²) in [6.45, 7) is 10.1. The van der Waals surface area contributed by atoms with Gasteiger partial charge in [-0.25, -0.2) is 0 Å². The molecule has 0 aliphatic carbocycles. The third kappa shape index (κ3) is 5.75. The second kappa shape index (κ2) is 11.1. The standard InChI is InChI=1S/C35H39N3O3/c1-23-7-5-6-8-26(23)22-38-17-14-24(15-18-38)21-36-32(39)12-9-25-19-30-29-20-27(40-4)10-11-31(29)37-33(30)28-13-16-35(2,3)41-34(25)28/h5-13,16,19-20,24,37H,14-15,17-18,21-22H2,1-4H3,(H,36,39)/b12-9+. The fraction of sp³-hybridized carbons (Fsp3) is 0.343. The van der Waals surface area contributed by atoms with Crippen molar-refractivity contribution in [1.82, 2.24) is 15.2 Å². The summed E-state index contributed by atoms with van der Waals surface area (Å²) in [5.74, 6) is 2.02. The Labute approximate surface area is 242 Å². The van der Waals surface area contributed by atoms with Crippen LogP contribution in [0.2, 0.25) is 0 Å². The number of aromatic nitrogens is 1. The Kier molecular flexibility index (Phi) is 7.35. The lowest BCUT2D eigenvalue weighted by atomic mass is 9.96. The Morgan fingerprint density at radius 1 is 1.15 bits per heavy atom. The number of nitrogens with one attached hydrogen (secondary N) is 2. The number of methoxy groups -OCH3 is 1. The summed E-state index contributed by atoms with van der Waals surface area (Å²) in [4.78, 5) is 19.0. The average molecular weight is 550 g/mol. The first-order chi connectivity index (χ1) is 19.8. The molecule has 6 nitrogen and oxygen atoms in total. The van der Waals surface area contributed by atoms with Crippen molar-refractivity contribution in [3.63, 3.8) is 0 Å². The maximum absolute atomic E-state index is 12.9. The topological polar surface area (TPSA) is 66.6 Å². The lowest BCUT2D eigenvalue weighted by Crippen LogP contribution is -2.38. The molecule has 41 heavy (non-hydrogen) atoms. The number of ether oxygens (including phenoxy) is 2. The number of hydrogen-bond acceptors (Lipinski definition) is 4. The zero-order valence-corrected chi connectivity index (χ0v) is 24.4. The number of nitrogens with zero attached hydrogens (tertiary/aromatic N) is 1. The van der Waals surface area contributed by atoms with Crippen LogP contribution in [0.3, 0.4) is 0 Å². The van der Waals surface area contributed by atoms with E-state index in [-0.39, 0.29) is 5.91 Å². The van der Waals surface area contributed by atoms with Crippen LogP contribution in [0.4, 0.5) is 0 Å². The van der Waals surface area contributed by atoms with E-state index in [9.17, 15) is 4.79 Å². The molecular formula is C35H39N3O3. The van der Waals surface area contributed by atoms with Gasteiger partial charge in [-0.1, -0.05) is 24.3 Å². The van der Waals surface area contributed by atoms with E-state index in [1.807, 2.05) is 38.1 Å². The van der Waals surface area contributed by atoms with E-state index in [0.29, 0.717) is 12.5 Å². The number of hydrogen-bond donors (Lipinski definition) is 2. The summed E-state index contributed by atoms with van der Waals surface area (Å²) >= 11 is 0. The highest BCUT2D eigenvalue weighted by atomic mass is 16.5. The number of amides is 1. The molecule has 0 unspecified atom stereocenters. The van der Waals surface area contributed by atoms with Crippen LogP contribution in [0.15, 0.2) is 60.7 Å². The average Bonchev–Trinajstić information content (AvgIpc) is 3.33. The minimum atomic E-state index is -0.436. The monoisotopic (exact) mass is 549 g/mol. The SMILES string of the molecule is COc1ccc2[nH]c3c4c(c(/C=C/C(=O)NCC5CCN(Cc6ccccc6C)CC5)cc3c2c1)OC(C)(C)C=C4. The van der Waals surface area contributed by atoms with Gasteiger partial charge in [0.1, 0.15) is 17.1 Å². The third-order valence-corrected chi connectivity index (χ3v) is 8.48.